The molecule has 4 aliphatic rings. The molecule has 4 fully saturated rings. The fourth-order valence-corrected chi connectivity index (χ4v) is 6.19. The Bertz CT molecular complexity index is 928. The van der Waals surface area contributed by atoms with Crippen LogP contribution in [-0.2, 0) is 0 Å². The third-order valence-corrected chi connectivity index (χ3v) is 8.25. The molecule has 2 saturated carbocycles. The first-order valence-electron chi connectivity index (χ1n) is 13.0. The van der Waals surface area contributed by atoms with Gasteiger partial charge in [-0.15, -0.1) is 0 Å². The molecule has 172 valence electrons. The lowest BCUT2D eigenvalue weighted by Gasteiger charge is -2.24. The number of likely N-dealkylation sites (tertiary alicyclic amines) is 1. The van der Waals surface area contributed by atoms with Crippen LogP contribution in [-0.4, -0.2) is 64.7 Å². The summed E-state index contributed by atoms with van der Waals surface area (Å²) in [5.41, 5.74) is 3.42. The van der Waals surface area contributed by atoms with E-state index < -0.39 is 0 Å². The van der Waals surface area contributed by atoms with Crippen molar-refractivity contribution in [3.63, 3.8) is 0 Å². The monoisotopic (exact) mass is 434 g/mol. The van der Waals surface area contributed by atoms with Crippen LogP contribution in [0.15, 0.2) is 18.2 Å². The molecule has 32 heavy (non-hydrogen) atoms. The van der Waals surface area contributed by atoms with Crippen LogP contribution in [0.3, 0.4) is 0 Å². The average Bonchev–Trinajstić information content (AvgIpc) is 3.27. The molecule has 2 atom stereocenters. The highest BCUT2D eigenvalue weighted by atomic mass is 15.2. The zero-order chi connectivity index (χ0) is 21.5. The van der Waals surface area contributed by atoms with Crippen LogP contribution in [0.5, 0.6) is 0 Å². The molecule has 0 bridgehead atoms. The predicted molar refractivity (Wildman–Crippen MR) is 129 cm³/mol. The highest BCUT2D eigenvalue weighted by Crippen LogP contribution is 2.41. The van der Waals surface area contributed by atoms with Crippen LogP contribution in [0.4, 0.5) is 5.82 Å². The summed E-state index contributed by atoms with van der Waals surface area (Å²) in [5, 5.41) is 3.90. The van der Waals surface area contributed by atoms with Crippen molar-refractivity contribution in [2.45, 2.75) is 76.3 Å². The summed E-state index contributed by atoms with van der Waals surface area (Å²) in [6, 6.07) is 7.83. The van der Waals surface area contributed by atoms with Crippen molar-refractivity contribution >= 4 is 5.82 Å². The molecule has 0 amide bonds. The summed E-state index contributed by atoms with van der Waals surface area (Å²) in [4.78, 5) is 18.5. The van der Waals surface area contributed by atoms with Gasteiger partial charge >= 0.3 is 0 Å². The summed E-state index contributed by atoms with van der Waals surface area (Å²) < 4.78 is 0. The first-order valence-corrected chi connectivity index (χ1v) is 13.0. The van der Waals surface area contributed by atoms with Gasteiger partial charge in [-0.1, -0.05) is 18.9 Å². The highest BCUT2D eigenvalue weighted by molar-refractivity contribution is 5.56. The third-order valence-electron chi connectivity index (χ3n) is 8.25. The van der Waals surface area contributed by atoms with Crippen LogP contribution in [0, 0.1) is 12.8 Å². The lowest BCUT2D eigenvalue weighted by atomic mass is 10.1. The standard InChI is InChI=1S/C26H38N6/c1-18-25(20-9-10-20)30-26(28-18)23-7-4-8-24(29-23)32-14-12-21(17-32)27-15-19-11-13-31(16-19)22-5-2-3-6-22/h4,7-8,19-22,27H,2-3,5-6,9-17H2,1H3,(H,28,30)/t19-,21+/m0/s1. The molecule has 0 radical (unpaired) electrons. The van der Waals surface area contributed by atoms with Crippen molar-refractivity contribution in [1.29, 1.82) is 0 Å². The van der Waals surface area contributed by atoms with Crippen molar-refractivity contribution in [3.05, 3.63) is 29.6 Å². The number of anilines is 1. The number of rotatable bonds is 7. The molecule has 2 aliphatic carbocycles. The van der Waals surface area contributed by atoms with Gasteiger partial charge in [-0.25, -0.2) is 9.97 Å². The molecule has 6 nitrogen and oxygen atoms in total. The SMILES string of the molecule is Cc1nc(-c2cccc(N3CC[C@@H](NC[C@@H]4CCN(C5CCCC5)C4)C3)n2)[nH]c1C1CC1. The number of aryl methyl sites for hydroxylation is 1. The Kier molecular flexibility index (Phi) is 5.68. The summed E-state index contributed by atoms with van der Waals surface area (Å²) in [7, 11) is 0. The molecule has 2 N–H and O–H groups in total. The molecule has 2 aromatic rings. The first kappa shape index (κ1) is 20.7. The van der Waals surface area contributed by atoms with E-state index in [4.69, 9.17) is 9.97 Å². The number of nitrogens with one attached hydrogen (secondary N) is 2. The lowest BCUT2D eigenvalue weighted by molar-refractivity contribution is 0.236. The number of aromatic amines is 1. The molecule has 6 rings (SSSR count). The highest BCUT2D eigenvalue weighted by Gasteiger charge is 2.31. The number of nitrogens with zero attached hydrogens (tertiary/aromatic N) is 4. The zero-order valence-electron chi connectivity index (χ0n) is 19.5. The van der Waals surface area contributed by atoms with Gasteiger partial charge < -0.3 is 20.1 Å². The van der Waals surface area contributed by atoms with Gasteiger partial charge in [0.05, 0.1) is 5.69 Å². The van der Waals surface area contributed by atoms with Gasteiger partial charge in [0.2, 0.25) is 0 Å². The van der Waals surface area contributed by atoms with Crippen LogP contribution in [0.2, 0.25) is 0 Å². The van der Waals surface area contributed by atoms with E-state index >= 15 is 0 Å². The first-order chi connectivity index (χ1) is 15.7. The van der Waals surface area contributed by atoms with E-state index in [0.717, 1.165) is 48.1 Å². The van der Waals surface area contributed by atoms with E-state index in [1.165, 1.54) is 76.7 Å². The number of hydrogen-bond acceptors (Lipinski definition) is 5. The maximum atomic E-state index is 4.98. The number of imidazole rings is 1. The van der Waals surface area contributed by atoms with Gasteiger partial charge in [-0.3, -0.25) is 0 Å². The minimum atomic E-state index is 0.577. The Morgan fingerprint density at radius 2 is 1.88 bits per heavy atom. The number of aromatic nitrogens is 3. The summed E-state index contributed by atoms with van der Waals surface area (Å²) in [6.07, 6.45) is 10.9. The van der Waals surface area contributed by atoms with E-state index in [9.17, 15) is 0 Å². The molecule has 2 aliphatic heterocycles. The fraction of sp³-hybridized carbons (Fsp3) is 0.692. The summed E-state index contributed by atoms with van der Waals surface area (Å²) in [5.74, 6) is 3.53. The summed E-state index contributed by atoms with van der Waals surface area (Å²) >= 11 is 0. The average molecular weight is 435 g/mol. The van der Waals surface area contributed by atoms with Gasteiger partial charge in [0.25, 0.3) is 0 Å². The van der Waals surface area contributed by atoms with Crippen LogP contribution >= 0.6 is 0 Å². The minimum Gasteiger partial charge on any atom is -0.355 e. The molecule has 0 unspecified atom stereocenters. The maximum Gasteiger partial charge on any atom is 0.156 e. The lowest BCUT2D eigenvalue weighted by Crippen LogP contribution is -2.37. The molecule has 0 aromatic carbocycles. The molecular formula is C26H38N6. The Balaban J connectivity index is 1.03. The van der Waals surface area contributed by atoms with E-state index in [2.05, 4.69) is 45.2 Å². The molecule has 6 heteroatoms. The van der Waals surface area contributed by atoms with Gasteiger partial charge in [-0.05, 0) is 76.6 Å². The molecule has 2 saturated heterocycles. The van der Waals surface area contributed by atoms with Crippen molar-refractivity contribution in [2.24, 2.45) is 5.92 Å². The Morgan fingerprint density at radius 3 is 2.72 bits per heavy atom. The van der Waals surface area contributed by atoms with Crippen LogP contribution in [0.1, 0.15) is 68.7 Å². The maximum absolute atomic E-state index is 4.98. The smallest absolute Gasteiger partial charge is 0.156 e. The largest absolute Gasteiger partial charge is 0.355 e. The van der Waals surface area contributed by atoms with Crippen LogP contribution in [0.25, 0.3) is 11.5 Å². The second kappa shape index (κ2) is 8.79. The number of pyridine rings is 1. The van der Waals surface area contributed by atoms with E-state index in [1.54, 1.807) is 0 Å². The van der Waals surface area contributed by atoms with Gasteiger partial charge in [0.1, 0.15) is 11.5 Å². The Labute approximate surface area is 192 Å². The molecular weight excluding hydrogens is 396 g/mol. The van der Waals surface area contributed by atoms with Gasteiger partial charge in [-0.2, -0.15) is 0 Å². The van der Waals surface area contributed by atoms with E-state index in [-0.39, 0.29) is 0 Å². The summed E-state index contributed by atoms with van der Waals surface area (Å²) in [6.45, 7) is 8.05. The van der Waals surface area contributed by atoms with Crippen molar-refractivity contribution in [1.82, 2.24) is 25.2 Å². The van der Waals surface area contributed by atoms with Gasteiger partial charge in [0, 0.05) is 43.3 Å². The van der Waals surface area contributed by atoms with Gasteiger partial charge in [0.15, 0.2) is 5.82 Å². The Morgan fingerprint density at radius 1 is 1.00 bits per heavy atom. The fourth-order valence-electron chi connectivity index (χ4n) is 6.19. The van der Waals surface area contributed by atoms with Crippen molar-refractivity contribution in [3.8, 4) is 11.5 Å². The minimum absolute atomic E-state index is 0.577. The van der Waals surface area contributed by atoms with Crippen molar-refractivity contribution in [2.75, 3.05) is 37.6 Å². The third kappa shape index (κ3) is 4.32. The van der Waals surface area contributed by atoms with E-state index in [0.29, 0.717) is 12.0 Å². The molecule has 2 aromatic heterocycles. The second-order valence-corrected chi connectivity index (χ2v) is 10.7. The quantitative estimate of drug-likeness (QED) is 0.687. The molecule has 0 spiro atoms. The second-order valence-electron chi connectivity index (χ2n) is 10.7. The molecule has 4 heterocycles. The van der Waals surface area contributed by atoms with Crippen molar-refractivity contribution < 1.29 is 0 Å². The predicted octanol–water partition coefficient (Wildman–Crippen LogP) is 4.09. The topological polar surface area (TPSA) is 60.1 Å². The Hall–Kier alpha value is -1.92. The number of H-pyrrole nitrogens is 1. The van der Waals surface area contributed by atoms with E-state index in [1.807, 2.05) is 0 Å². The van der Waals surface area contributed by atoms with Crippen LogP contribution < -0.4 is 10.2 Å². The normalized spacial score (nSPS) is 27.1. The number of hydrogen-bond donors (Lipinski definition) is 2. The zero-order valence-corrected chi connectivity index (χ0v) is 19.5.